The molecule has 0 unspecified atom stereocenters. The Kier molecular flexibility index (Phi) is 9.22. The summed E-state index contributed by atoms with van der Waals surface area (Å²) in [5, 5.41) is 16.1. The van der Waals surface area contributed by atoms with Crippen LogP contribution in [0.3, 0.4) is 0 Å². The predicted molar refractivity (Wildman–Crippen MR) is 151 cm³/mol. The predicted octanol–water partition coefficient (Wildman–Crippen LogP) is 2.51. The van der Waals surface area contributed by atoms with Crippen molar-refractivity contribution in [2.45, 2.75) is 59.4 Å². The number of rotatable bonds is 11. The average Bonchev–Trinajstić information content (AvgIpc) is 3.34. The summed E-state index contributed by atoms with van der Waals surface area (Å²) in [6, 6.07) is 1.58. The first-order valence-corrected chi connectivity index (χ1v) is 13.8. The van der Waals surface area contributed by atoms with Crippen LogP contribution in [0.2, 0.25) is 0 Å². The minimum Gasteiger partial charge on any atom is -0.465 e. The zero-order valence-corrected chi connectivity index (χ0v) is 23.6. The van der Waals surface area contributed by atoms with E-state index in [-0.39, 0.29) is 23.7 Å². The third-order valence-electron chi connectivity index (χ3n) is 7.31. The number of carbonyl (C=O) groups excluding carboxylic acids is 1. The third-order valence-corrected chi connectivity index (χ3v) is 7.31. The van der Waals surface area contributed by atoms with E-state index in [9.17, 15) is 14.7 Å². The molecule has 13 nitrogen and oxygen atoms in total. The van der Waals surface area contributed by atoms with Crippen LogP contribution >= 0.6 is 0 Å². The van der Waals surface area contributed by atoms with E-state index in [1.165, 1.54) is 0 Å². The second-order valence-electron chi connectivity index (χ2n) is 10.3. The van der Waals surface area contributed by atoms with E-state index in [4.69, 9.17) is 15.5 Å². The highest BCUT2D eigenvalue weighted by Crippen LogP contribution is 2.23. The number of amides is 2. The lowest BCUT2D eigenvalue weighted by Gasteiger charge is -2.38. The van der Waals surface area contributed by atoms with Crippen molar-refractivity contribution < 1.29 is 19.4 Å². The number of carbonyl (C=O) groups is 2. The first kappa shape index (κ1) is 28.8. The van der Waals surface area contributed by atoms with E-state index in [1.807, 2.05) is 27.0 Å². The molecule has 13 heteroatoms. The van der Waals surface area contributed by atoms with Crippen molar-refractivity contribution >= 4 is 29.3 Å². The van der Waals surface area contributed by atoms with Crippen LogP contribution in [0, 0.1) is 12.8 Å². The van der Waals surface area contributed by atoms with E-state index >= 15 is 0 Å². The molecular weight excluding hydrogens is 514 g/mol. The topological polar surface area (TPSA) is 164 Å². The largest absolute Gasteiger partial charge is 0.465 e. The van der Waals surface area contributed by atoms with Crippen LogP contribution in [0.25, 0.3) is 5.65 Å². The maximum atomic E-state index is 13.1. The number of nitrogen functional groups attached to an aromatic ring is 1. The van der Waals surface area contributed by atoms with Gasteiger partial charge < -0.3 is 30.7 Å². The van der Waals surface area contributed by atoms with Crippen molar-refractivity contribution in [1.29, 1.82) is 0 Å². The molecule has 3 aromatic heterocycles. The summed E-state index contributed by atoms with van der Waals surface area (Å²) in [5.74, 6) is 0.875. The number of imidazole rings is 1. The summed E-state index contributed by atoms with van der Waals surface area (Å²) < 4.78 is 7.33. The van der Waals surface area contributed by atoms with E-state index in [2.05, 4.69) is 38.3 Å². The van der Waals surface area contributed by atoms with Crippen molar-refractivity contribution in [3.63, 3.8) is 0 Å². The van der Waals surface area contributed by atoms with Gasteiger partial charge in [0.2, 0.25) is 5.91 Å². The molecule has 1 aliphatic rings. The molecule has 0 bridgehead atoms. The zero-order chi connectivity index (χ0) is 28.8. The van der Waals surface area contributed by atoms with Crippen LogP contribution in [-0.2, 0) is 11.2 Å². The van der Waals surface area contributed by atoms with Crippen molar-refractivity contribution in [3.8, 4) is 6.01 Å². The van der Waals surface area contributed by atoms with Gasteiger partial charge >= 0.3 is 12.1 Å². The summed E-state index contributed by atoms with van der Waals surface area (Å²) in [5.41, 5.74) is 9.45. The standard InChI is InChI=1S/C27H39N9O4/c1-5-7-12-40-26-32-22(28)24-30-16-20(36(24)33-26)14-19-13-18(4)23(29-15-19)34-8-10-35(11-9-34)25(37)21(17(3)6-2)31-27(38)39/h13,15-17,21,31H,5-12,14H2,1-4H3,(H,38,39)(H2,28,32,33)/t17-,21-/m0/s1. The minimum absolute atomic E-state index is 0.0888. The highest BCUT2D eigenvalue weighted by molar-refractivity contribution is 5.85. The van der Waals surface area contributed by atoms with E-state index in [0.717, 1.165) is 35.5 Å². The maximum absolute atomic E-state index is 13.1. The highest BCUT2D eigenvalue weighted by atomic mass is 16.5. The Morgan fingerprint density at radius 3 is 2.58 bits per heavy atom. The number of nitrogens with two attached hydrogens (primary N) is 1. The van der Waals surface area contributed by atoms with Crippen molar-refractivity contribution in [1.82, 2.24) is 34.8 Å². The number of pyridine rings is 1. The Morgan fingerprint density at radius 2 is 1.93 bits per heavy atom. The smallest absolute Gasteiger partial charge is 0.405 e. The molecular formula is C27H39N9O4. The van der Waals surface area contributed by atoms with Crippen molar-refractivity contribution in [3.05, 3.63) is 35.3 Å². The van der Waals surface area contributed by atoms with Crippen LogP contribution in [0.1, 0.15) is 56.9 Å². The normalized spacial score (nSPS) is 15.2. The van der Waals surface area contributed by atoms with Crippen molar-refractivity contribution in [2.24, 2.45) is 5.92 Å². The van der Waals surface area contributed by atoms with E-state index in [1.54, 1.807) is 15.6 Å². The van der Waals surface area contributed by atoms with E-state index in [0.29, 0.717) is 51.3 Å². The van der Waals surface area contributed by atoms with Crippen LogP contribution in [0.4, 0.5) is 16.4 Å². The Hall–Kier alpha value is -4.16. The first-order chi connectivity index (χ1) is 19.2. The molecule has 3 aromatic rings. The molecule has 2 atom stereocenters. The van der Waals surface area contributed by atoms with E-state index < -0.39 is 12.1 Å². The molecule has 0 spiro atoms. The number of ether oxygens (including phenoxy) is 1. The molecule has 216 valence electrons. The van der Waals surface area contributed by atoms with Gasteiger partial charge in [0.15, 0.2) is 11.5 Å². The van der Waals surface area contributed by atoms with Crippen LogP contribution < -0.4 is 20.7 Å². The first-order valence-electron chi connectivity index (χ1n) is 13.8. The lowest BCUT2D eigenvalue weighted by molar-refractivity contribution is -0.134. The van der Waals surface area contributed by atoms with Gasteiger partial charge in [0.25, 0.3) is 0 Å². The number of nitrogens with zero attached hydrogens (tertiary/aromatic N) is 7. The van der Waals surface area contributed by atoms with Gasteiger partial charge in [-0.25, -0.2) is 19.3 Å². The summed E-state index contributed by atoms with van der Waals surface area (Å²) >= 11 is 0. The van der Waals surface area contributed by atoms with Crippen molar-refractivity contribution in [2.75, 3.05) is 43.4 Å². The summed E-state index contributed by atoms with van der Waals surface area (Å²) in [6.07, 6.45) is 5.57. The molecule has 0 saturated carbocycles. The molecule has 1 saturated heterocycles. The van der Waals surface area contributed by atoms with Gasteiger partial charge in [0.05, 0.1) is 18.5 Å². The number of aryl methyl sites for hydroxylation is 1. The molecule has 4 heterocycles. The number of carboxylic acid groups (broad SMARTS) is 1. The number of nitrogens with one attached hydrogen (secondary N) is 1. The number of anilines is 2. The molecule has 1 fully saturated rings. The Balaban J connectivity index is 1.42. The summed E-state index contributed by atoms with van der Waals surface area (Å²) in [4.78, 5) is 41.6. The summed E-state index contributed by atoms with van der Waals surface area (Å²) in [6.45, 7) is 10.7. The van der Waals surface area contributed by atoms with Crippen LogP contribution in [-0.4, -0.2) is 85.4 Å². The highest BCUT2D eigenvalue weighted by Gasteiger charge is 2.32. The van der Waals surface area contributed by atoms with Crippen LogP contribution in [0.5, 0.6) is 6.01 Å². The fourth-order valence-corrected chi connectivity index (χ4v) is 4.83. The molecule has 4 N–H and O–H groups in total. The molecule has 40 heavy (non-hydrogen) atoms. The summed E-state index contributed by atoms with van der Waals surface area (Å²) in [7, 11) is 0. The Labute approximate surface area is 233 Å². The minimum atomic E-state index is -1.18. The fourth-order valence-electron chi connectivity index (χ4n) is 4.83. The second-order valence-corrected chi connectivity index (χ2v) is 10.3. The third kappa shape index (κ3) is 6.52. The molecule has 0 aromatic carbocycles. The zero-order valence-electron chi connectivity index (χ0n) is 23.6. The fraction of sp³-hybridized carbons (Fsp3) is 0.556. The average molecular weight is 554 g/mol. The van der Waals surface area contributed by atoms with Gasteiger partial charge in [0.1, 0.15) is 11.9 Å². The number of hydrogen-bond acceptors (Lipinski definition) is 9. The lowest BCUT2D eigenvalue weighted by Crippen LogP contribution is -2.56. The number of unbranched alkanes of at least 4 members (excludes halogenated alkanes) is 1. The molecule has 0 aliphatic carbocycles. The number of aromatic nitrogens is 5. The monoisotopic (exact) mass is 553 g/mol. The SMILES string of the molecule is CCCCOc1nc(N)c2ncc(Cc3cnc(N4CCN(C(=O)[C@@H](NC(=O)O)[C@@H](C)CC)CC4)c(C)c3)n2n1. The Morgan fingerprint density at radius 1 is 1.18 bits per heavy atom. The van der Waals surface area contributed by atoms with Gasteiger partial charge in [-0.15, -0.1) is 5.10 Å². The molecule has 1 aliphatic heterocycles. The van der Waals surface area contributed by atoms with Crippen LogP contribution in [0.15, 0.2) is 18.5 Å². The molecule has 0 radical (unpaired) electrons. The van der Waals surface area contributed by atoms with Gasteiger partial charge in [-0.3, -0.25) is 4.79 Å². The van der Waals surface area contributed by atoms with Gasteiger partial charge in [-0.1, -0.05) is 39.7 Å². The lowest BCUT2D eigenvalue weighted by atomic mass is 9.97. The Bertz CT molecular complexity index is 1340. The number of hydrogen-bond donors (Lipinski definition) is 3. The van der Waals surface area contributed by atoms with Gasteiger partial charge in [-0.05, 0) is 30.4 Å². The maximum Gasteiger partial charge on any atom is 0.405 e. The number of fused-ring (bicyclic) bond motifs is 1. The quantitative estimate of drug-likeness (QED) is 0.301. The molecule has 4 rings (SSSR count). The number of piperazine rings is 1. The molecule has 2 amide bonds. The second kappa shape index (κ2) is 12.8. The van der Waals surface area contributed by atoms with Gasteiger partial charge in [0, 0.05) is 38.8 Å². The van der Waals surface area contributed by atoms with Gasteiger partial charge in [-0.2, -0.15) is 4.98 Å².